The summed E-state index contributed by atoms with van der Waals surface area (Å²) in [6.07, 6.45) is 0. The number of Topliss-reactive ketones (excluding diaryl/α,β-unsaturated/α-hetero) is 1. The Morgan fingerprint density at radius 3 is 2.25 bits per heavy atom. The van der Waals surface area contributed by atoms with Gasteiger partial charge in [0.2, 0.25) is 5.91 Å². The summed E-state index contributed by atoms with van der Waals surface area (Å²) < 4.78 is 13.1. The summed E-state index contributed by atoms with van der Waals surface area (Å²) in [5, 5.41) is 2.71. The lowest BCUT2D eigenvalue weighted by molar-refractivity contribution is -0.131. The van der Waals surface area contributed by atoms with Crippen LogP contribution in [-0.2, 0) is 9.59 Å². The van der Waals surface area contributed by atoms with E-state index in [0.717, 1.165) is 0 Å². The van der Waals surface area contributed by atoms with Gasteiger partial charge in [-0.25, -0.2) is 4.39 Å². The molecule has 7 heteroatoms. The molecule has 2 amide bonds. The van der Waals surface area contributed by atoms with Crippen molar-refractivity contribution in [3.05, 3.63) is 65.5 Å². The van der Waals surface area contributed by atoms with Crippen LogP contribution in [0.15, 0.2) is 53.5 Å². The summed E-state index contributed by atoms with van der Waals surface area (Å²) in [5.74, 6) is -1.24. The standard InChI is InChI=1S/C21H20FN3O3/c1-13(26)14-6-10-17(11-7-14)23-18(27)12-25-20(28)19(24-21(25,2)3)15-4-8-16(22)9-5-15/h4-11H,12H2,1-3H3,(H,23,27). The van der Waals surface area contributed by atoms with E-state index in [4.69, 9.17) is 0 Å². The van der Waals surface area contributed by atoms with Gasteiger partial charge in [-0.3, -0.25) is 19.4 Å². The van der Waals surface area contributed by atoms with E-state index < -0.39 is 17.4 Å². The van der Waals surface area contributed by atoms with Gasteiger partial charge < -0.3 is 10.2 Å². The number of benzene rings is 2. The molecule has 1 heterocycles. The minimum atomic E-state index is -0.906. The number of halogens is 1. The molecule has 28 heavy (non-hydrogen) atoms. The highest BCUT2D eigenvalue weighted by atomic mass is 19.1. The predicted molar refractivity (Wildman–Crippen MR) is 104 cm³/mol. The van der Waals surface area contributed by atoms with Gasteiger partial charge in [0.25, 0.3) is 5.91 Å². The van der Waals surface area contributed by atoms with Crippen molar-refractivity contribution < 1.29 is 18.8 Å². The first kappa shape index (κ1) is 19.4. The van der Waals surface area contributed by atoms with E-state index in [-0.39, 0.29) is 23.9 Å². The van der Waals surface area contributed by atoms with Crippen LogP contribution < -0.4 is 5.32 Å². The van der Waals surface area contributed by atoms with E-state index in [1.807, 2.05) is 0 Å². The van der Waals surface area contributed by atoms with Crippen LogP contribution >= 0.6 is 0 Å². The summed E-state index contributed by atoms with van der Waals surface area (Å²) in [4.78, 5) is 42.3. The highest BCUT2D eigenvalue weighted by Gasteiger charge is 2.41. The van der Waals surface area contributed by atoms with Crippen LogP contribution in [0.25, 0.3) is 0 Å². The molecule has 0 saturated heterocycles. The molecule has 144 valence electrons. The van der Waals surface area contributed by atoms with Gasteiger partial charge >= 0.3 is 0 Å². The van der Waals surface area contributed by atoms with Crippen molar-refractivity contribution in [1.29, 1.82) is 0 Å². The third-order valence-corrected chi connectivity index (χ3v) is 4.49. The SMILES string of the molecule is CC(=O)c1ccc(NC(=O)CN2C(=O)C(c3ccc(F)cc3)=NC2(C)C)cc1. The monoisotopic (exact) mass is 381 g/mol. The molecule has 0 radical (unpaired) electrons. The van der Waals surface area contributed by atoms with Crippen molar-refractivity contribution in [3.8, 4) is 0 Å². The maximum absolute atomic E-state index is 13.1. The fourth-order valence-electron chi connectivity index (χ4n) is 2.95. The molecule has 0 aromatic heterocycles. The molecule has 2 aromatic rings. The maximum Gasteiger partial charge on any atom is 0.275 e. The minimum Gasteiger partial charge on any atom is -0.325 e. The fourth-order valence-corrected chi connectivity index (χ4v) is 2.95. The van der Waals surface area contributed by atoms with Gasteiger partial charge in [0.05, 0.1) is 0 Å². The number of aliphatic imine (C=N–C) groups is 1. The van der Waals surface area contributed by atoms with Crippen molar-refractivity contribution in [2.45, 2.75) is 26.4 Å². The number of hydrogen-bond donors (Lipinski definition) is 1. The molecule has 0 fully saturated rings. The number of rotatable bonds is 5. The number of carbonyl (C=O) groups is 3. The van der Waals surface area contributed by atoms with Crippen LogP contribution in [0.2, 0.25) is 0 Å². The van der Waals surface area contributed by atoms with Gasteiger partial charge in [0.1, 0.15) is 23.7 Å². The van der Waals surface area contributed by atoms with Crippen molar-refractivity contribution >= 4 is 29.0 Å². The van der Waals surface area contributed by atoms with Crippen molar-refractivity contribution in [3.63, 3.8) is 0 Å². The van der Waals surface area contributed by atoms with Gasteiger partial charge in [-0.1, -0.05) is 0 Å². The molecule has 0 spiro atoms. The van der Waals surface area contributed by atoms with Gasteiger partial charge in [0.15, 0.2) is 5.78 Å². The normalized spacial score (nSPS) is 15.4. The minimum absolute atomic E-state index is 0.0623. The summed E-state index contributed by atoms with van der Waals surface area (Å²) in [5.41, 5.74) is 0.868. The molecule has 0 aliphatic carbocycles. The molecule has 0 unspecified atom stereocenters. The van der Waals surface area contributed by atoms with Crippen molar-refractivity contribution in [2.24, 2.45) is 4.99 Å². The molecule has 1 N–H and O–H groups in total. The van der Waals surface area contributed by atoms with E-state index in [9.17, 15) is 18.8 Å². The largest absolute Gasteiger partial charge is 0.325 e. The second-order valence-electron chi connectivity index (χ2n) is 7.03. The Balaban J connectivity index is 1.71. The summed E-state index contributed by atoms with van der Waals surface area (Å²) in [6.45, 7) is 4.74. The Bertz CT molecular complexity index is 963. The summed E-state index contributed by atoms with van der Waals surface area (Å²) in [6, 6.07) is 12.0. The maximum atomic E-state index is 13.1. The van der Waals surface area contributed by atoms with E-state index in [1.165, 1.54) is 36.1 Å². The number of carbonyl (C=O) groups excluding carboxylic acids is 3. The number of hydrogen-bond acceptors (Lipinski definition) is 4. The molecular weight excluding hydrogens is 361 g/mol. The molecule has 0 atom stereocenters. The molecular formula is C21H20FN3O3. The molecule has 3 rings (SSSR count). The topological polar surface area (TPSA) is 78.8 Å². The van der Waals surface area contributed by atoms with Crippen LogP contribution in [0, 0.1) is 5.82 Å². The average Bonchev–Trinajstić information content (AvgIpc) is 2.86. The van der Waals surface area contributed by atoms with Gasteiger partial charge in [-0.05, 0) is 69.3 Å². The van der Waals surface area contributed by atoms with Crippen LogP contribution in [0.5, 0.6) is 0 Å². The van der Waals surface area contributed by atoms with Crippen LogP contribution in [-0.4, -0.2) is 40.4 Å². The van der Waals surface area contributed by atoms with Gasteiger partial charge in [0, 0.05) is 16.8 Å². The lowest BCUT2D eigenvalue weighted by atomic mass is 10.1. The van der Waals surface area contributed by atoms with Crippen molar-refractivity contribution in [2.75, 3.05) is 11.9 Å². The quantitative estimate of drug-likeness (QED) is 0.809. The Hall–Kier alpha value is -3.35. The molecule has 0 bridgehead atoms. The highest BCUT2D eigenvalue weighted by molar-refractivity contribution is 6.47. The Labute approximate surface area is 162 Å². The van der Waals surface area contributed by atoms with E-state index >= 15 is 0 Å². The van der Waals surface area contributed by atoms with E-state index in [1.54, 1.807) is 38.1 Å². The Kier molecular flexibility index (Phi) is 5.09. The number of nitrogens with zero attached hydrogens (tertiary/aromatic N) is 2. The fraction of sp³-hybridized carbons (Fsp3) is 0.238. The van der Waals surface area contributed by atoms with E-state index in [2.05, 4.69) is 10.3 Å². The number of amides is 2. The lowest BCUT2D eigenvalue weighted by Gasteiger charge is -2.28. The molecule has 6 nitrogen and oxygen atoms in total. The molecule has 1 aliphatic heterocycles. The zero-order valence-electron chi connectivity index (χ0n) is 15.8. The second kappa shape index (κ2) is 7.34. The molecule has 1 aliphatic rings. The van der Waals surface area contributed by atoms with Crippen LogP contribution in [0.3, 0.4) is 0 Å². The zero-order valence-corrected chi connectivity index (χ0v) is 15.8. The zero-order chi connectivity index (χ0) is 20.5. The van der Waals surface area contributed by atoms with Crippen molar-refractivity contribution in [1.82, 2.24) is 4.90 Å². The number of anilines is 1. The molecule has 0 saturated carbocycles. The first-order valence-corrected chi connectivity index (χ1v) is 8.76. The summed E-state index contributed by atoms with van der Waals surface area (Å²) in [7, 11) is 0. The van der Waals surface area contributed by atoms with Gasteiger partial charge in [-0.15, -0.1) is 0 Å². The predicted octanol–water partition coefficient (Wildman–Crippen LogP) is 3.03. The van der Waals surface area contributed by atoms with Crippen LogP contribution in [0.1, 0.15) is 36.7 Å². The Morgan fingerprint density at radius 1 is 1.07 bits per heavy atom. The number of ketones is 1. The number of nitrogens with one attached hydrogen (secondary N) is 1. The summed E-state index contributed by atoms with van der Waals surface area (Å²) >= 11 is 0. The lowest BCUT2D eigenvalue weighted by Crippen LogP contribution is -2.46. The molecule has 2 aromatic carbocycles. The smallest absolute Gasteiger partial charge is 0.275 e. The third kappa shape index (κ3) is 3.98. The first-order chi connectivity index (χ1) is 13.2. The van der Waals surface area contributed by atoms with E-state index in [0.29, 0.717) is 16.8 Å². The third-order valence-electron chi connectivity index (χ3n) is 4.49. The van der Waals surface area contributed by atoms with Crippen LogP contribution in [0.4, 0.5) is 10.1 Å². The first-order valence-electron chi connectivity index (χ1n) is 8.76. The van der Waals surface area contributed by atoms with Gasteiger partial charge in [-0.2, -0.15) is 0 Å². The average molecular weight is 381 g/mol. The highest BCUT2D eigenvalue weighted by Crippen LogP contribution is 2.26. The Morgan fingerprint density at radius 2 is 1.68 bits per heavy atom. The second-order valence-corrected chi connectivity index (χ2v) is 7.03.